The van der Waals surface area contributed by atoms with Crippen LogP contribution in [0.5, 0.6) is 0 Å². The number of carbonyl (C=O) groups excluding carboxylic acids is 2. The van der Waals surface area contributed by atoms with E-state index in [-0.39, 0.29) is 22.9 Å². The molecule has 6 nitrogen and oxygen atoms in total. The Balaban J connectivity index is 1.92. The molecular weight excluding hydrogens is 398 g/mol. The quantitative estimate of drug-likeness (QED) is 0.325. The van der Waals surface area contributed by atoms with Crippen molar-refractivity contribution < 1.29 is 9.59 Å². The molecule has 2 aromatic heterocycles. The number of carbonyl (C=O) groups is 2. The van der Waals surface area contributed by atoms with E-state index in [1.807, 2.05) is 18.2 Å². The summed E-state index contributed by atoms with van der Waals surface area (Å²) < 4.78 is 1.67. The summed E-state index contributed by atoms with van der Waals surface area (Å²) in [6.45, 7) is 9.85. The fourth-order valence-corrected chi connectivity index (χ4v) is 4.50. The lowest BCUT2D eigenvalue weighted by Gasteiger charge is -2.14. The van der Waals surface area contributed by atoms with Gasteiger partial charge in [0.2, 0.25) is 0 Å². The minimum atomic E-state index is -0.120. The number of H-pyrrole nitrogens is 1. The normalized spacial score (nSPS) is 11.4. The highest BCUT2D eigenvalue weighted by atomic mass is 32.2. The number of hydrogen-bond acceptors (Lipinski definition) is 5. The number of aromatic nitrogens is 3. The molecule has 0 unspecified atom stereocenters. The minimum absolute atomic E-state index is 0.0633. The summed E-state index contributed by atoms with van der Waals surface area (Å²) in [5, 5.41) is 1.12. The number of Topliss-reactive ketones (excluding diaryl/α,β-unsaturated/α-hetero) is 2. The number of nitrogens with zero attached hydrogens (tertiary/aromatic N) is 2. The second-order valence-corrected chi connectivity index (χ2v) is 8.89. The van der Waals surface area contributed by atoms with Crippen LogP contribution in [0.15, 0.2) is 34.2 Å². The van der Waals surface area contributed by atoms with E-state index in [1.54, 1.807) is 24.5 Å². The number of para-hydroxylation sites is 1. The molecule has 0 amide bonds. The Morgan fingerprint density at radius 3 is 2.53 bits per heavy atom. The average molecular weight is 426 g/mol. The molecule has 0 atom stereocenters. The second-order valence-electron chi connectivity index (χ2n) is 7.94. The molecule has 0 bridgehead atoms. The van der Waals surface area contributed by atoms with Gasteiger partial charge in [0.1, 0.15) is 0 Å². The van der Waals surface area contributed by atoms with Crippen molar-refractivity contribution in [3.63, 3.8) is 0 Å². The monoisotopic (exact) mass is 425 g/mol. The standard InChI is InChI=1S/C23H27N3O3S/c1-13(2)10-11-26-22(29)17-8-6-7-9-18(17)25-23(26)30-12-19(28)21-14(3)20(16(5)27)15(4)24-21/h6-9,13,24H,10-12H2,1-5H3. The van der Waals surface area contributed by atoms with Crippen LogP contribution in [0.4, 0.5) is 0 Å². The fraction of sp³-hybridized carbons (Fsp3) is 0.391. The van der Waals surface area contributed by atoms with Gasteiger partial charge >= 0.3 is 0 Å². The highest BCUT2D eigenvalue weighted by Crippen LogP contribution is 2.23. The molecule has 7 heteroatoms. The smallest absolute Gasteiger partial charge is 0.262 e. The fourth-order valence-electron chi connectivity index (χ4n) is 3.60. The SMILES string of the molecule is CC(=O)c1c(C)[nH]c(C(=O)CSc2nc3ccccc3c(=O)n2CCC(C)C)c1C. The Bertz CT molecular complexity index is 1170. The van der Waals surface area contributed by atoms with E-state index in [1.165, 1.54) is 18.7 Å². The third-order valence-electron chi connectivity index (χ3n) is 5.16. The third-order valence-corrected chi connectivity index (χ3v) is 6.13. The van der Waals surface area contributed by atoms with E-state index >= 15 is 0 Å². The maximum atomic E-state index is 13.0. The Labute approximate surface area is 180 Å². The molecule has 0 aliphatic heterocycles. The van der Waals surface area contributed by atoms with Crippen LogP contribution in [0.1, 0.15) is 59.3 Å². The van der Waals surface area contributed by atoms with E-state index in [4.69, 9.17) is 0 Å². The molecule has 0 aliphatic rings. The number of aromatic amines is 1. The van der Waals surface area contributed by atoms with Gasteiger partial charge in [-0.2, -0.15) is 0 Å². The van der Waals surface area contributed by atoms with Gasteiger partial charge in [0.15, 0.2) is 16.7 Å². The van der Waals surface area contributed by atoms with Crippen molar-refractivity contribution in [2.75, 3.05) is 5.75 Å². The summed E-state index contributed by atoms with van der Waals surface area (Å²) in [4.78, 5) is 45.5. The van der Waals surface area contributed by atoms with Crippen LogP contribution in [0.25, 0.3) is 10.9 Å². The average Bonchev–Trinajstić information content (AvgIpc) is 2.99. The van der Waals surface area contributed by atoms with Crippen molar-refractivity contribution in [1.29, 1.82) is 0 Å². The van der Waals surface area contributed by atoms with Gasteiger partial charge in [-0.3, -0.25) is 19.0 Å². The lowest BCUT2D eigenvalue weighted by molar-refractivity contribution is 0.101. The molecule has 0 fully saturated rings. The van der Waals surface area contributed by atoms with Crippen molar-refractivity contribution in [1.82, 2.24) is 14.5 Å². The van der Waals surface area contributed by atoms with Gasteiger partial charge in [0, 0.05) is 17.8 Å². The van der Waals surface area contributed by atoms with Crippen LogP contribution in [0, 0.1) is 19.8 Å². The Kier molecular flexibility index (Phi) is 6.61. The third kappa shape index (κ3) is 4.41. The van der Waals surface area contributed by atoms with Gasteiger partial charge < -0.3 is 4.98 Å². The number of ketones is 2. The number of hydrogen-bond donors (Lipinski definition) is 1. The van der Waals surface area contributed by atoms with Gasteiger partial charge in [0.05, 0.1) is 22.3 Å². The largest absolute Gasteiger partial charge is 0.355 e. The van der Waals surface area contributed by atoms with Crippen LogP contribution < -0.4 is 5.56 Å². The molecule has 3 rings (SSSR count). The van der Waals surface area contributed by atoms with Crippen LogP contribution in [0.2, 0.25) is 0 Å². The molecule has 0 spiro atoms. The van der Waals surface area contributed by atoms with Crippen LogP contribution in [-0.2, 0) is 6.54 Å². The zero-order valence-electron chi connectivity index (χ0n) is 18.0. The molecule has 1 N–H and O–H groups in total. The van der Waals surface area contributed by atoms with Crippen LogP contribution in [-0.4, -0.2) is 31.9 Å². The minimum Gasteiger partial charge on any atom is -0.355 e. The van der Waals surface area contributed by atoms with Gasteiger partial charge in [-0.25, -0.2) is 4.98 Å². The predicted molar refractivity (Wildman–Crippen MR) is 121 cm³/mol. The van der Waals surface area contributed by atoms with E-state index in [0.29, 0.717) is 51.0 Å². The first-order valence-electron chi connectivity index (χ1n) is 10.1. The second kappa shape index (κ2) is 9.00. The Morgan fingerprint density at radius 1 is 1.20 bits per heavy atom. The van der Waals surface area contributed by atoms with Gasteiger partial charge in [-0.05, 0) is 50.8 Å². The van der Waals surface area contributed by atoms with Crippen molar-refractivity contribution in [2.24, 2.45) is 5.92 Å². The zero-order valence-corrected chi connectivity index (χ0v) is 18.9. The first-order chi connectivity index (χ1) is 14.2. The predicted octanol–water partition coefficient (Wildman–Crippen LogP) is 4.57. The van der Waals surface area contributed by atoms with Gasteiger partial charge in [-0.15, -0.1) is 0 Å². The maximum absolute atomic E-state index is 13.0. The summed E-state index contributed by atoms with van der Waals surface area (Å²) in [6, 6.07) is 7.27. The number of aryl methyl sites for hydroxylation is 1. The number of rotatable bonds is 8. The van der Waals surface area contributed by atoms with Crippen molar-refractivity contribution >= 4 is 34.2 Å². The van der Waals surface area contributed by atoms with Gasteiger partial charge in [-0.1, -0.05) is 37.7 Å². The number of nitrogens with one attached hydrogen (secondary N) is 1. The molecule has 0 saturated carbocycles. The van der Waals surface area contributed by atoms with E-state index in [9.17, 15) is 14.4 Å². The molecule has 0 saturated heterocycles. The summed E-state index contributed by atoms with van der Waals surface area (Å²) in [5.41, 5.74) is 2.94. The molecular formula is C23H27N3O3S. The topological polar surface area (TPSA) is 84.8 Å². The van der Waals surface area contributed by atoms with Crippen LogP contribution >= 0.6 is 11.8 Å². The Hall–Kier alpha value is -2.67. The Morgan fingerprint density at radius 2 is 1.90 bits per heavy atom. The van der Waals surface area contributed by atoms with E-state index in [0.717, 1.165) is 6.42 Å². The molecule has 30 heavy (non-hydrogen) atoms. The summed E-state index contributed by atoms with van der Waals surface area (Å²) in [7, 11) is 0. The molecule has 1 aromatic carbocycles. The zero-order chi connectivity index (χ0) is 22.0. The van der Waals surface area contributed by atoms with Crippen molar-refractivity contribution in [3.8, 4) is 0 Å². The molecule has 3 aromatic rings. The highest BCUT2D eigenvalue weighted by molar-refractivity contribution is 7.99. The highest BCUT2D eigenvalue weighted by Gasteiger charge is 2.21. The summed E-state index contributed by atoms with van der Waals surface area (Å²) in [6.07, 6.45) is 0.846. The van der Waals surface area contributed by atoms with E-state index < -0.39 is 0 Å². The van der Waals surface area contributed by atoms with E-state index in [2.05, 4.69) is 23.8 Å². The molecule has 158 valence electrons. The first-order valence-corrected chi connectivity index (χ1v) is 11.0. The number of fused-ring (bicyclic) bond motifs is 1. The lowest BCUT2D eigenvalue weighted by atomic mass is 10.1. The maximum Gasteiger partial charge on any atom is 0.262 e. The van der Waals surface area contributed by atoms with Crippen molar-refractivity contribution in [2.45, 2.75) is 52.7 Å². The number of thioether (sulfide) groups is 1. The summed E-state index contributed by atoms with van der Waals surface area (Å²) >= 11 is 1.26. The molecule has 0 aliphatic carbocycles. The summed E-state index contributed by atoms with van der Waals surface area (Å²) in [5.74, 6) is 0.389. The van der Waals surface area contributed by atoms with Crippen molar-refractivity contribution in [3.05, 3.63) is 57.1 Å². The first kappa shape index (κ1) is 22.0. The number of benzene rings is 1. The van der Waals surface area contributed by atoms with Gasteiger partial charge in [0.25, 0.3) is 5.56 Å². The lowest BCUT2D eigenvalue weighted by Crippen LogP contribution is -2.24. The molecule has 2 heterocycles. The van der Waals surface area contributed by atoms with Crippen LogP contribution in [0.3, 0.4) is 0 Å². The molecule has 0 radical (unpaired) electrons.